The summed E-state index contributed by atoms with van der Waals surface area (Å²) in [4.78, 5) is 7.06. The third-order valence-corrected chi connectivity index (χ3v) is 7.89. The molecule has 1 aliphatic heterocycles. The summed E-state index contributed by atoms with van der Waals surface area (Å²) in [7, 11) is 1.41. The Balaban J connectivity index is 1.90. The number of H-pyrrole nitrogens is 1. The fourth-order valence-corrected chi connectivity index (χ4v) is 4.75. The molecule has 2 aliphatic rings. The van der Waals surface area contributed by atoms with Crippen LogP contribution in [0.2, 0.25) is 0 Å². The smallest absolute Gasteiger partial charge is 0.418 e. The summed E-state index contributed by atoms with van der Waals surface area (Å²) in [6, 6.07) is 0. The first-order chi connectivity index (χ1) is 15.3. The number of guanidine groups is 1. The molecule has 1 aliphatic carbocycles. The number of rotatable bonds is 8. The zero-order valence-electron chi connectivity index (χ0n) is 18.8. The number of allylic oxidation sites excluding steroid dienone is 4. The van der Waals surface area contributed by atoms with Gasteiger partial charge in [-0.05, 0) is 37.9 Å². The van der Waals surface area contributed by atoms with Crippen LogP contribution >= 0.6 is 7.92 Å². The highest BCUT2D eigenvalue weighted by Crippen LogP contribution is 2.41. The number of nitrogens with zero attached hydrogens (tertiary/aromatic N) is 1. The molecule has 6 nitrogen and oxygen atoms in total. The summed E-state index contributed by atoms with van der Waals surface area (Å²) in [5.41, 5.74) is 0.379. The van der Waals surface area contributed by atoms with Gasteiger partial charge < -0.3 is 20.4 Å². The van der Waals surface area contributed by atoms with E-state index in [9.17, 15) is 13.2 Å². The van der Waals surface area contributed by atoms with Gasteiger partial charge in [0.1, 0.15) is 17.7 Å². The predicted octanol–water partition coefficient (Wildman–Crippen LogP) is 5.09. The molecule has 0 fully saturated rings. The molecule has 0 bridgehead atoms. The second-order valence-corrected chi connectivity index (χ2v) is 10.4. The molecule has 1 aromatic heterocycles. The molecule has 2 heterocycles. The number of aliphatic imine (C=N–C) groups is 1. The van der Waals surface area contributed by atoms with Crippen LogP contribution < -0.4 is 16.0 Å². The number of halogens is 3. The van der Waals surface area contributed by atoms with Crippen LogP contribution in [0.15, 0.2) is 46.9 Å². The van der Waals surface area contributed by atoms with Gasteiger partial charge in [0.15, 0.2) is 0 Å². The highest BCUT2D eigenvalue weighted by atomic mass is 31.1. The molecule has 1 aromatic rings. The van der Waals surface area contributed by atoms with E-state index in [0.717, 1.165) is 25.2 Å². The van der Waals surface area contributed by atoms with E-state index in [2.05, 4.69) is 51.7 Å². The summed E-state index contributed by atoms with van der Waals surface area (Å²) < 4.78 is 46.1. The van der Waals surface area contributed by atoms with Crippen LogP contribution in [0.1, 0.15) is 44.0 Å². The number of ether oxygens (including phenoxy) is 1. The molecular weight excluding hydrogens is 438 g/mol. The lowest BCUT2D eigenvalue weighted by molar-refractivity contribution is -0.138. The van der Waals surface area contributed by atoms with E-state index in [1.807, 2.05) is 19.1 Å². The van der Waals surface area contributed by atoms with Crippen molar-refractivity contribution in [1.29, 1.82) is 0 Å². The Labute approximate surface area is 188 Å². The van der Waals surface area contributed by atoms with Crippen LogP contribution in [-0.2, 0) is 10.9 Å². The van der Waals surface area contributed by atoms with Gasteiger partial charge in [-0.3, -0.25) is 5.32 Å². The van der Waals surface area contributed by atoms with Crippen LogP contribution in [-0.4, -0.2) is 43.1 Å². The van der Waals surface area contributed by atoms with E-state index in [0.29, 0.717) is 29.6 Å². The van der Waals surface area contributed by atoms with Crippen molar-refractivity contribution in [3.63, 3.8) is 0 Å². The SMILES string of the molecule is CCCCNC1NC(NC2=C(OC)C=CC(P(C)CC)C=C2)=Nc2[nH]cc(C(F)(F)F)c21. The van der Waals surface area contributed by atoms with Crippen molar-refractivity contribution in [2.75, 3.05) is 26.5 Å². The number of alkyl halides is 3. The maximum Gasteiger partial charge on any atom is 0.418 e. The molecule has 176 valence electrons. The van der Waals surface area contributed by atoms with E-state index in [4.69, 9.17) is 4.74 Å². The van der Waals surface area contributed by atoms with Crippen LogP contribution in [0.25, 0.3) is 0 Å². The monoisotopic (exact) mass is 469 g/mol. The highest BCUT2D eigenvalue weighted by molar-refractivity contribution is 7.58. The Kier molecular flexibility index (Phi) is 8.06. The summed E-state index contributed by atoms with van der Waals surface area (Å²) in [6.45, 7) is 7.05. The first kappa shape index (κ1) is 24.4. The van der Waals surface area contributed by atoms with E-state index in [1.165, 1.54) is 0 Å². The van der Waals surface area contributed by atoms with Gasteiger partial charge in [0.05, 0.1) is 18.4 Å². The molecule has 32 heavy (non-hydrogen) atoms. The second kappa shape index (κ2) is 10.6. The Morgan fingerprint density at radius 1 is 1.22 bits per heavy atom. The quantitative estimate of drug-likeness (QED) is 0.316. The number of methoxy groups -OCH3 is 1. The average Bonchev–Trinajstić information content (AvgIpc) is 3.10. The largest absolute Gasteiger partial charge is 0.495 e. The van der Waals surface area contributed by atoms with Crippen molar-refractivity contribution in [3.05, 3.63) is 53.1 Å². The topological polar surface area (TPSA) is 73.5 Å². The molecule has 0 aromatic carbocycles. The molecular formula is C22H31F3N5OP. The van der Waals surface area contributed by atoms with Crippen LogP contribution in [0.4, 0.5) is 19.0 Å². The number of unbranched alkanes of at least 4 members (excludes halogenated alkanes) is 1. The van der Waals surface area contributed by atoms with E-state index < -0.39 is 17.9 Å². The standard InChI is InChI=1S/C22H31F3N5OP/c1-5-7-12-26-19-18-15(22(23,24)25)13-27-20(18)30-21(29-19)28-16-10-8-14(32(4)6-2)9-11-17(16)31-3/h8-11,13-14,19,26-27H,5-7,12H2,1-4H3,(H2,28,29,30). The van der Waals surface area contributed by atoms with Crippen LogP contribution in [0.5, 0.6) is 0 Å². The predicted molar refractivity (Wildman–Crippen MR) is 124 cm³/mol. The summed E-state index contributed by atoms with van der Waals surface area (Å²) >= 11 is 0. The summed E-state index contributed by atoms with van der Waals surface area (Å²) in [6.07, 6.45) is 6.81. The number of aromatic nitrogens is 1. The minimum Gasteiger partial charge on any atom is -0.495 e. The molecule has 4 N–H and O–H groups in total. The molecule has 3 rings (SSSR count). The maximum absolute atomic E-state index is 13.5. The van der Waals surface area contributed by atoms with Gasteiger partial charge in [-0.2, -0.15) is 18.2 Å². The minimum absolute atomic E-state index is 0.0797. The zero-order valence-corrected chi connectivity index (χ0v) is 19.7. The van der Waals surface area contributed by atoms with Crippen molar-refractivity contribution in [1.82, 2.24) is 20.9 Å². The lowest BCUT2D eigenvalue weighted by Gasteiger charge is -2.28. The first-order valence-corrected chi connectivity index (χ1v) is 12.8. The minimum atomic E-state index is -4.47. The average molecular weight is 469 g/mol. The number of hydrogen-bond acceptors (Lipinski definition) is 5. The Morgan fingerprint density at radius 2 is 1.97 bits per heavy atom. The number of aromatic amines is 1. The normalized spacial score (nSPS) is 21.5. The fraction of sp³-hybridized carbons (Fsp3) is 0.500. The van der Waals surface area contributed by atoms with Crippen molar-refractivity contribution in [3.8, 4) is 0 Å². The molecule has 0 radical (unpaired) electrons. The number of nitrogens with one attached hydrogen (secondary N) is 4. The molecule has 0 spiro atoms. The van der Waals surface area contributed by atoms with Gasteiger partial charge in [-0.1, -0.05) is 40.3 Å². The zero-order chi connectivity index (χ0) is 23.3. The maximum atomic E-state index is 13.5. The molecule has 3 atom stereocenters. The van der Waals surface area contributed by atoms with Crippen molar-refractivity contribution >= 4 is 19.7 Å². The molecule has 0 saturated carbocycles. The molecule has 10 heteroatoms. The summed E-state index contributed by atoms with van der Waals surface area (Å²) in [5.74, 6) is 1.16. The summed E-state index contributed by atoms with van der Waals surface area (Å²) in [5, 5.41) is 9.48. The first-order valence-electron chi connectivity index (χ1n) is 10.8. The highest BCUT2D eigenvalue weighted by Gasteiger charge is 2.39. The van der Waals surface area contributed by atoms with Gasteiger partial charge in [0.25, 0.3) is 0 Å². The van der Waals surface area contributed by atoms with Gasteiger partial charge in [-0.15, -0.1) is 0 Å². The molecule has 0 amide bonds. The van der Waals surface area contributed by atoms with E-state index in [1.54, 1.807) is 7.11 Å². The molecule has 3 unspecified atom stereocenters. The number of hydrogen-bond donors (Lipinski definition) is 4. The van der Waals surface area contributed by atoms with E-state index >= 15 is 0 Å². The lowest BCUT2D eigenvalue weighted by atomic mass is 10.1. The van der Waals surface area contributed by atoms with Crippen molar-refractivity contribution in [2.24, 2.45) is 4.99 Å². The number of fused-ring (bicyclic) bond motifs is 1. The second-order valence-electron chi connectivity index (χ2n) is 7.70. The Hall–Kier alpha value is -2.25. The fourth-order valence-electron chi connectivity index (χ4n) is 3.57. The van der Waals surface area contributed by atoms with Crippen LogP contribution in [0.3, 0.4) is 0 Å². The Bertz CT molecular complexity index is 919. The lowest BCUT2D eigenvalue weighted by Crippen LogP contribution is -2.46. The van der Waals surface area contributed by atoms with Gasteiger partial charge in [0.2, 0.25) is 5.96 Å². The Morgan fingerprint density at radius 3 is 2.62 bits per heavy atom. The van der Waals surface area contributed by atoms with Gasteiger partial charge in [-0.25, -0.2) is 0 Å². The molecule has 0 saturated heterocycles. The van der Waals surface area contributed by atoms with Crippen molar-refractivity contribution in [2.45, 2.75) is 44.7 Å². The van der Waals surface area contributed by atoms with Crippen LogP contribution in [0, 0.1) is 0 Å². The third-order valence-electron chi connectivity index (χ3n) is 5.53. The van der Waals surface area contributed by atoms with Crippen molar-refractivity contribution < 1.29 is 17.9 Å². The van der Waals surface area contributed by atoms with Gasteiger partial charge in [0, 0.05) is 17.4 Å². The van der Waals surface area contributed by atoms with E-state index in [-0.39, 0.29) is 19.3 Å². The third kappa shape index (κ3) is 5.56. The van der Waals surface area contributed by atoms with Gasteiger partial charge >= 0.3 is 6.18 Å².